The molecule has 4 aliphatic carbocycles. The van der Waals surface area contributed by atoms with Crippen molar-refractivity contribution in [2.45, 2.75) is 25.7 Å². The van der Waals surface area contributed by atoms with Crippen LogP contribution in [0.4, 0.5) is 0 Å². The molecule has 7 nitrogen and oxygen atoms in total. The molecule has 4 atom stereocenters. The zero-order valence-electron chi connectivity index (χ0n) is 14.7. The van der Waals surface area contributed by atoms with Crippen LogP contribution in [0, 0.1) is 23.7 Å². The lowest BCUT2D eigenvalue weighted by atomic mass is 9.74. The van der Waals surface area contributed by atoms with Crippen LogP contribution in [-0.4, -0.2) is 23.2 Å². The Morgan fingerprint density at radius 2 is 1.33 bits per heavy atom. The van der Waals surface area contributed by atoms with Gasteiger partial charge in [-0.2, -0.15) is 10.2 Å². The number of allylic oxidation sites excluding steroid dienone is 4. The lowest BCUT2D eigenvalue weighted by Crippen LogP contribution is -2.35. The number of furan rings is 1. The SMILES string of the molecule is O=C(NN=C1CC2CC=CC12)c1ccc(C(=O)NN=C2CC3CC=CC23)o1. The average molecular weight is 364 g/mol. The van der Waals surface area contributed by atoms with Crippen LogP contribution in [-0.2, 0) is 0 Å². The number of rotatable bonds is 4. The third kappa shape index (κ3) is 2.83. The summed E-state index contributed by atoms with van der Waals surface area (Å²) in [5.41, 5.74) is 7.00. The molecule has 4 unspecified atom stereocenters. The van der Waals surface area contributed by atoms with Crippen LogP contribution in [0.1, 0.15) is 46.8 Å². The fraction of sp³-hybridized carbons (Fsp3) is 0.400. The maximum atomic E-state index is 12.2. The number of carbonyl (C=O) groups excluding carboxylic acids is 2. The van der Waals surface area contributed by atoms with Crippen molar-refractivity contribution in [3.63, 3.8) is 0 Å². The Balaban J connectivity index is 1.17. The molecule has 2 N–H and O–H groups in total. The van der Waals surface area contributed by atoms with E-state index < -0.39 is 11.8 Å². The standard InChI is InChI=1S/C20H20N4O3/c25-19(23-21-15-9-11-3-1-5-13(11)15)17-7-8-18(27-17)20(26)24-22-16-10-12-4-2-6-14(12)16/h1-2,5-8,11-14H,3-4,9-10H2,(H,23,25)(H,24,26). The molecule has 5 rings (SSSR count). The summed E-state index contributed by atoms with van der Waals surface area (Å²) in [4.78, 5) is 24.3. The first-order chi connectivity index (χ1) is 13.2. The molecule has 2 fully saturated rings. The Kier molecular flexibility index (Phi) is 3.81. The summed E-state index contributed by atoms with van der Waals surface area (Å²) in [7, 11) is 0. The van der Waals surface area contributed by atoms with Crippen LogP contribution in [0.15, 0.2) is 51.1 Å². The number of hydrogen-bond donors (Lipinski definition) is 2. The third-order valence-electron chi connectivity index (χ3n) is 5.95. The molecule has 0 bridgehead atoms. The lowest BCUT2D eigenvalue weighted by Gasteiger charge is -2.31. The highest BCUT2D eigenvalue weighted by Gasteiger charge is 2.38. The van der Waals surface area contributed by atoms with Crippen LogP contribution in [0.2, 0.25) is 0 Å². The smallest absolute Gasteiger partial charge is 0.307 e. The van der Waals surface area contributed by atoms with E-state index in [1.165, 1.54) is 12.1 Å². The first-order valence-corrected chi connectivity index (χ1v) is 9.36. The van der Waals surface area contributed by atoms with E-state index in [1.54, 1.807) is 0 Å². The Hall–Kier alpha value is -2.96. The molecule has 1 aromatic rings. The van der Waals surface area contributed by atoms with Gasteiger partial charge in [0.25, 0.3) is 0 Å². The van der Waals surface area contributed by atoms with Gasteiger partial charge in [-0.05, 0) is 49.7 Å². The van der Waals surface area contributed by atoms with Gasteiger partial charge in [-0.1, -0.05) is 24.3 Å². The number of nitrogens with one attached hydrogen (secondary N) is 2. The number of nitrogens with zero attached hydrogens (tertiary/aromatic N) is 2. The van der Waals surface area contributed by atoms with Crippen molar-refractivity contribution in [3.05, 3.63) is 48.0 Å². The predicted octanol–water partition coefficient (Wildman–Crippen LogP) is 2.64. The van der Waals surface area contributed by atoms with Gasteiger partial charge in [-0.25, -0.2) is 10.9 Å². The van der Waals surface area contributed by atoms with E-state index in [0.717, 1.165) is 37.1 Å². The average Bonchev–Trinajstić information content (AvgIpc) is 3.35. The van der Waals surface area contributed by atoms with E-state index in [1.807, 2.05) is 0 Å². The minimum atomic E-state index is -0.462. The summed E-state index contributed by atoms with van der Waals surface area (Å²) in [6.45, 7) is 0. The lowest BCUT2D eigenvalue weighted by molar-refractivity contribution is 0.0901. The minimum absolute atomic E-state index is 0.0532. The van der Waals surface area contributed by atoms with Crippen LogP contribution in [0.25, 0.3) is 0 Å². The first kappa shape index (κ1) is 16.2. The predicted molar refractivity (Wildman–Crippen MR) is 99.2 cm³/mol. The van der Waals surface area contributed by atoms with Gasteiger partial charge in [0.05, 0.1) is 0 Å². The number of hydrazone groups is 2. The second-order valence-corrected chi connectivity index (χ2v) is 7.56. The highest BCUT2D eigenvalue weighted by molar-refractivity contribution is 5.99. The Morgan fingerprint density at radius 1 is 0.852 bits per heavy atom. The zero-order chi connectivity index (χ0) is 18.4. The summed E-state index contributed by atoms with van der Waals surface area (Å²) in [5.74, 6) is 1.20. The normalized spacial score (nSPS) is 32.7. The first-order valence-electron chi connectivity index (χ1n) is 9.36. The largest absolute Gasteiger partial charge is 0.446 e. The molecule has 0 aliphatic heterocycles. The molecule has 4 aliphatic rings. The summed E-state index contributed by atoms with van der Waals surface area (Å²) in [6.07, 6.45) is 12.6. The maximum Gasteiger partial charge on any atom is 0.307 e. The van der Waals surface area contributed by atoms with E-state index in [9.17, 15) is 9.59 Å². The maximum absolute atomic E-state index is 12.2. The van der Waals surface area contributed by atoms with Crippen molar-refractivity contribution in [3.8, 4) is 0 Å². The van der Waals surface area contributed by atoms with Crippen LogP contribution in [0.5, 0.6) is 0 Å². The van der Waals surface area contributed by atoms with Crippen molar-refractivity contribution in [1.29, 1.82) is 0 Å². The van der Waals surface area contributed by atoms with Crippen molar-refractivity contribution in [1.82, 2.24) is 10.9 Å². The number of fused-ring (bicyclic) bond motifs is 2. The topological polar surface area (TPSA) is 96.1 Å². The molecule has 2 amide bonds. The second-order valence-electron chi connectivity index (χ2n) is 7.56. The zero-order valence-corrected chi connectivity index (χ0v) is 14.7. The molecule has 0 spiro atoms. The molecule has 1 heterocycles. The Labute approximate surface area is 156 Å². The van der Waals surface area contributed by atoms with E-state index in [-0.39, 0.29) is 11.5 Å². The monoisotopic (exact) mass is 364 g/mol. The van der Waals surface area contributed by atoms with Crippen molar-refractivity contribution < 1.29 is 14.0 Å². The van der Waals surface area contributed by atoms with Gasteiger partial charge in [0, 0.05) is 23.3 Å². The molecule has 0 aromatic carbocycles. The van der Waals surface area contributed by atoms with Gasteiger partial charge in [0.1, 0.15) is 0 Å². The van der Waals surface area contributed by atoms with Crippen LogP contribution < -0.4 is 10.9 Å². The molecule has 2 saturated carbocycles. The molecule has 138 valence electrons. The number of amides is 2. The summed E-state index contributed by atoms with van der Waals surface area (Å²) < 4.78 is 5.36. The van der Waals surface area contributed by atoms with Gasteiger partial charge < -0.3 is 4.42 Å². The third-order valence-corrected chi connectivity index (χ3v) is 5.95. The van der Waals surface area contributed by atoms with E-state index in [2.05, 4.69) is 45.4 Å². The Morgan fingerprint density at radius 3 is 1.78 bits per heavy atom. The highest BCUT2D eigenvalue weighted by Crippen LogP contribution is 2.40. The van der Waals surface area contributed by atoms with Gasteiger partial charge in [-0.15, -0.1) is 0 Å². The molecule has 0 saturated heterocycles. The van der Waals surface area contributed by atoms with E-state index in [4.69, 9.17) is 4.42 Å². The number of carbonyl (C=O) groups is 2. The Bertz CT molecular complexity index is 851. The molecule has 1 aromatic heterocycles. The number of hydrogen-bond acceptors (Lipinski definition) is 5. The van der Waals surface area contributed by atoms with Gasteiger partial charge in [0.2, 0.25) is 0 Å². The molecule has 27 heavy (non-hydrogen) atoms. The summed E-state index contributed by atoms with van der Waals surface area (Å²) in [6, 6.07) is 2.94. The molecule has 7 heteroatoms. The summed E-state index contributed by atoms with van der Waals surface area (Å²) >= 11 is 0. The van der Waals surface area contributed by atoms with Gasteiger partial charge in [0.15, 0.2) is 11.5 Å². The highest BCUT2D eigenvalue weighted by atomic mass is 16.4. The fourth-order valence-electron chi connectivity index (χ4n) is 4.26. The van der Waals surface area contributed by atoms with Crippen molar-refractivity contribution in [2.75, 3.05) is 0 Å². The van der Waals surface area contributed by atoms with Gasteiger partial charge >= 0.3 is 11.8 Å². The van der Waals surface area contributed by atoms with Crippen molar-refractivity contribution in [2.24, 2.45) is 33.9 Å². The van der Waals surface area contributed by atoms with E-state index >= 15 is 0 Å². The second kappa shape index (κ2) is 6.33. The van der Waals surface area contributed by atoms with Crippen molar-refractivity contribution >= 4 is 23.2 Å². The van der Waals surface area contributed by atoms with Crippen LogP contribution in [0.3, 0.4) is 0 Å². The quantitative estimate of drug-likeness (QED) is 0.635. The van der Waals surface area contributed by atoms with Gasteiger partial charge in [-0.3, -0.25) is 9.59 Å². The minimum Gasteiger partial charge on any atom is -0.446 e. The summed E-state index contributed by atoms with van der Waals surface area (Å²) in [5, 5.41) is 8.38. The molecule has 0 radical (unpaired) electrons. The van der Waals surface area contributed by atoms with Crippen LogP contribution >= 0.6 is 0 Å². The van der Waals surface area contributed by atoms with E-state index in [0.29, 0.717) is 23.7 Å². The molecular weight excluding hydrogens is 344 g/mol. The fourth-order valence-corrected chi connectivity index (χ4v) is 4.26. The molecular formula is C20H20N4O3.